The van der Waals surface area contributed by atoms with Gasteiger partial charge in [-0.25, -0.2) is 4.79 Å². The maximum absolute atomic E-state index is 10.8. The summed E-state index contributed by atoms with van der Waals surface area (Å²) in [5.41, 5.74) is 3.46. The van der Waals surface area contributed by atoms with Crippen LogP contribution in [0.25, 0.3) is 0 Å². The summed E-state index contributed by atoms with van der Waals surface area (Å²) in [5.74, 6) is 0.452. The molecule has 0 amide bonds. The summed E-state index contributed by atoms with van der Waals surface area (Å²) in [7, 11) is 1.67. The Bertz CT molecular complexity index is 503. The second-order valence-electron chi connectivity index (χ2n) is 5.15. The molecule has 1 saturated carbocycles. The van der Waals surface area contributed by atoms with E-state index in [-0.39, 0.29) is 0 Å². The van der Waals surface area contributed by atoms with Crippen molar-refractivity contribution in [1.82, 2.24) is 0 Å². The summed E-state index contributed by atoms with van der Waals surface area (Å²) < 4.78 is 5.25. The van der Waals surface area contributed by atoms with Crippen molar-refractivity contribution in [2.45, 2.75) is 32.6 Å². The average molecular weight is 260 g/mol. The molecule has 1 atom stereocenters. The molecule has 1 aliphatic carbocycles. The second kappa shape index (κ2) is 5.91. The molecule has 19 heavy (non-hydrogen) atoms. The van der Waals surface area contributed by atoms with E-state index in [9.17, 15) is 4.79 Å². The Morgan fingerprint density at radius 3 is 2.95 bits per heavy atom. The molecule has 0 radical (unpaired) electrons. The molecule has 1 fully saturated rings. The molecule has 0 aromatic heterocycles. The lowest BCUT2D eigenvalue weighted by Crippen LogP contribution is -2.04. The predicted octanol–water partition coefficient (Wildman–Crippen LogP) is 3.36. The quantitative estimate of drug-likeness (QED) is 0.844. The van der Waals surface area contributed by atoms with Gasteiger partial charge >= 0.3 is 5.97 Å². The van der Waals surface area contributed by atoms with Crippen molar-refractivity contribution >= 4 is 5.97 Å². The molecule has 0 spiro atoms. The molecule has 1 N–H and O–H groups in total. The summed E-state index contributed by atoms with van der Waals surface area (Å²) in [6.45, 7) is 2.03. The van der Waals surface area contributed by atoms with Crippen molar-refractivity contribution in [3.63, 3.8) is 0 Å². The Morgan fingerprint density at radius 1 is 1.53 bits per heavy atom. The Kier molecular flexibility index (Phi) is 4.25. The molecule has 1 aromatic carbocycles. The fraction of sp³-hybridized carbons (Fsp3) is 0.438. The average Bonchev–Trinajstić information content (AvgIpc) is 2.76. The molecule has 1 aliphatic rings. The van der Waals surface area contributed by atoms with Gasteiger partial charge < -0.3 is 9.84 Å². The number of benzene rings is 1. The predicted molar refractivity (Wildman–Crippen MR) is 74.5 cm³/mol. The van der Waals surface area contributed by atoms with Gasteiger partial charge in [0.1, 0.15) is 5.75 Å². The number of carboxylic acid groups (broad SMARTS) is 1. The molecule has 0 heterocycles. The van der Waals surface area contributed by atoms with Gasteiger partial charge in [0.2, 0.25) is 0 Å². The monoisotopic (exact) mass is 260 g/mol. The number of methoxy groups -OCH3 is 1. The van der Waals surface area contributed by atoms with Crippen LogP contribution in [0.15, 0.2) is 29.8 Å². The first-order valence-electron chi connectivity index (χ1n) is 6.67. The molecule has 0 aliphatic heterocycles. The molecule has 102 valence electrons. The van der Waals surface area contributed by atoms with Crippen molar-refractivity contribution in [2.75, 3.05) is 7.11 Å². The van der Waals surface area contributed by atoms with E-state index >= 15 is 0 Å². The normalized spacial score (nSPS) is 20.7. The summed E-state index contributed by atoms with van der Waals surface area (Å²) in [6, 6.07) is 6.19. The van der Waals surface area contributed by atoms with Gasteiger partial charge in [-0.2, -0.15) is 0 Å². The lowest BCUT2D eigenvalue weighted by Gasteiger charge is -2.13. The minimum Gasteiger partial charge on any atom is -0.496 e. The number of carboxylic acids is 1. The highest BCUT2D eigenvalue weighted by molar-refractivity contribution is 5.80. The SMILES string of the molecule is COc1ccc(CC2CCC/C2=C\C(=O)O)cc1C. The first-order valence-corrected chi connectivity index (χ1v) is 6.67. The third-order valence-corrected chi connectivity index (χ3v) is 3.79. The highest BCUT2D eigenvalue weighted by atomic mass is 16.5. The maximum Gasteiger partial charge on any atom is 0.328 e. The standard InChI is InChI=1S/C16H20O3/c1-11-8-12(6-7-15(11)19-2)9-13-4-3-5-14(13)10-16(17)18/h6-8,10,13H,3-5,9H2,1-2H3,(H,17,18)/b14-10+. The minimum absolute atomic E-state index is 0.379. The van der Waals surface area contributed by atoms with E-state index in [1.165, 1.54) is 11.6 Å². The first kappa shape index (κ1) is 13.7. The molecule has 0 bridgehead atoms. The van der Waals surface area contributed by atoms with Gasteiger partial charge in [-0.15, -0.1) is 0 Å². The molecule has 3 heteroatoms. The topological polar surface area (TPSA) is 46.5 Å². The van der Waals surface area contributed by atoms with E-state index < -0.39 is 5.97 Å². The van der Waals surface area contributed by atoms with Gasteiger partial charge in [-0.3, -0.25) is 0 Å². The van der Waals surface area contributed by atoms with Gasteiger partial charge in [0, 0.05) is 6.08 Å². The Labute approximate surface area is 113 Å². The number of rotatable bonds is 4. The van der Waals surface area contributed by atoms with Gasteiger partial charge in [-0.05, 0) is 55.7 Å². The van der Waals surface area contributed by atoms with Gasteiger partial charge in [0.15, 0.2) is 0 Å². The number of carbonyl (C=O) groups is 1. The lowest BCUT2D eigenvalue weighted by molar-refractivity contribution is -0.131. The summed E-state index contributed by atoms with van der Waals surface area (Å²) in [4.78, 5) is 10.8. The van der Waals surface area contributed by atoms with E-state index in [4.69, 9.17) is 9.84 Å². The van der Waals surface area contributed by atoms with Gasteiger partial charge in [-0.1, -0.05) is 17.7 Å². The van der Waals surface area contributed by atoms with E-state index in [0.717, 1.165) is 42.6 Å². The number of aliphatic carboxylic acids is 1. The largest absolute Gasteiger partial charge is 0.496 e. The van der Waals surface area contributed by atoms with Crippen LogP contribution in [0.4, 0.5) is 0 Å². The maximum atomic E-state index is 10.8. The van der Waals surface area contributed by atoms with Crippen molar-refractivity contribution in [2.24, 2.45) is 5.92 Å². The number of ether oxygens (including phenoxy) is 1. The van der Waals surface area contributed by atoms with Crippen LogP contribution in [0.2, 0.25) is 0 Å². The molecule has 3 nitrogen and oxygen atoms in total. The van der Waals surface area contributed by atoms with Crippen LogP contribution >= 0.6 is 0 Å². The fourth-order valence-corrected chi connectivity index (χ4v) is 2.88. The number of aryl methyl sites for hydroxylation is 1. The van der Waals surface area contributed by atoms with Gasteiger partial charge in [0.25, 0.3) is 0 Å². The Hall–Kier alpha value is -1.77. The van der Waals surface area contributed by atoms with Crippen molar-refractivity contribution in [1.29, 1.82) is 0 Å². The van der Waals surface area contributed by atoms with Crippen LogP contribution in [-0.2, 0) is 11.2 Å². The summed E-state index contributed by atoms with van der Waals surface area (Å²) in [5, 5.41) is 8.88. The Balaban J connectivity index is 2.12. The second-order valence-corrected chi connectivity index (χ2v) is 5.15. The molecule has 1 aromatic rings. The number of hydrogen-bond donors (Lipinski definition) is 1. The van der Waals surface area contributed by atoms with E-state index in [1.54, 1.807) is 7.11 Å². The van der Waals surface area contributed by atoms with Crippen molar-refractivity contribution in [3.05, 3.63) is 41.0 Å². The minimum atomic E-state index is -0.826. The van der Waals surface area contributed by atoms with Crippen LogP contribution in [0.3, 0.4) is 0 Å². The first-order chi connectivity index (χ1) is 9.10. The van der Waals surface area contributed by atoms with Crippen molar-refractivity contribution in [3.8, 4) is 5.75 Å². The van der Waals surface area contributed by atoms with Gasteiger partial charge in [0.05, 0.1) is 7.11 Å². The smallest absolute Gasteiger partial charge is 0.328 e. The molecule has 0 saturated heterocycles. The third kappa shape index (κ3) is 3.37. The zero-order valence-corrected chi connectivity index (χ0v) is 11.5. The molecule has 1 unspecified atom stereocenters. The third-order valence-electron chi connectivity index (χ3n) is 3.79. The number of allylic oxidation sites excluding steroid dienone is 1. The zero-order valence-electron chi connectivity index (χ0n) is 11.5. The van der Waals surface area contributed by atoms with E-state index in [2.05, 4.69) is 12.1 Å². The molecular formula is C16H20O3. The van der Waals surface area contributed by atoms with E-state index in [0.29, 0.717) is 5.92 Å². The number of hydrogen-bond acceptors (Lipinski definition) is 2. The van der Waals surface area contributed by atoms with Crippen LogP contribution in [0.5, 0.6) is 5.75 Å². The highest BCUT2D eigenvalue weighted by Crippen LogP contribution is 2.34. The van der Waals surface area contributed by atoms with Crippen LogP contribution in [0.1, 0.15) is 30.4 Å². The summed E-state index contributed by atoms with van der Waals surface area (Å²) >= 11 is 0. The fourth-order valence-electron chi connectivity index (χ4n) is 2.88. The van der Waals surface area contributed by atoms with Crippen LogP contribution in [0, 0.1) is 12.8 Å². The summed E-state index contributed by atoms with van der Waals surface area (Å²) in [6.07, 6.45) is 5.42. The Morgan fingerprint density at radius 2 is 2.32 bits per heavy atom. The highest BCUT2D eigenvalue weighted by Gasteiger charge is 2.22. The van der Waals surface area contributed by atoms with Crippen LogP contribution < -0.4 is 4.74 Å². The van der Waals surface area contributed by atoms with Crippen molar-refractivity contribution < 1.29 is 14.6 Å². The van der Waals surface area contributed by atoms with Crippen LogP contribution in [-0.4, -0.2) is 18.2 Å². The zero-order chi connectivity index (χ0) is 13.8. The lowest BCUT2D eigenvalue weighted by atomic mass is 9.93. The molecular weight excluding hydrogens is 240 g/mol. The van der Waals surface area contributed by atoms with E-state index in [1.807, 2.05) is 13.0 Å². The molecule has 2 rings (SSSR count).